The molecule has 0 radical (unpaired) electrons. The SMILES string of the molecule is COc1ccc2c(c1)OC(C)(C)CC2NC(=O)c1ccccc1OC. The monoisotopic (exact) mass is 341 g/mol. The van der Waals surface area contributed by atoms with Gasteiger partial charge in [0.05, 0.1) is 25.8 Å². The van der Waals surface area contributed by atoms with Gasteiger partial charge in [0, 0.05) is 18.1 Å². The Bertz CT molecular complexity index is 785. The van der Waals surface area contributed by atoms with Gasteiger partial charge in [-0.05, 0) is 38.1 Å². The molecule has 1 heterocycles. The van der Waals surface area contributed by atoms with Crippen molar-refractivity contribution in [3.05, 3.63) is 53.6 Å². The minimum atomic E-state index is -0.391. The number of hydrogen-bond acceptors (Lipinski definition) is 4. The van der Waals surface area contributed by atoms with E-state index in [1.165, 1.54) is 0 Å². The number of fused-ring (bicyclic) bond motifs is 1. The fourth-order valence-corrected chi connectivity index (χ4v) is 3.16. The van der Waals surface area contributed by atoms with Gasteiger partial charge in [-0.15, -0.1) is 0 Å². The Morgan fingerprint density at radius 2 is 1.92 bits per heavy atom. The van der Waals surface area contributed by atoms with Gasteiger partial charge in [0.1, 0.15) is 22.8 Å². The van der Waals surface area contributed by atoms with Gasteiger partial charge in [0.15, 0.2) is 0 Å². The summed E-state index contributed by atoms with van der Waals surface area (Å²) in [5.74, 6) is 1.86. The quantitative estimate of drug-likeness (QED) is 0.920. The summed E-state index contributed by atoms with van der Waals surface area (Å²) >= 11 is 0. The zero-order valence-corrected chi connectivity index (χ0v) is 15.0. The Labute approximate surface area is 147 Å². The van der Waals surface area contributed by atoms with Gasteiger partial charge in [0.25, 0.3) is 5.91 Å². The molecule has 25 heavy (non-hydrogen) atoms. The lowest BCUT2D eigenvalue weighted by atomic mass is 9.89. The predicted molar refractivity (Wildman–Crippen MR) is 95.5 cm³/mol. The van der Waals surface area contributed by atoms with Crippen LogP contribution in [0.5, 0.6) is 17.2 Å². The molecule has 0 saturated carbocycles. The molecule has 0 fully saturated rings. The molecule has 2 aromatic carbocycles. The van der Waals surface area contributed by atoms with E-state index in [1.54, 1.807) is 26.4 Å². The second-order valence-corrected chi connectivity index (χ2v) is 6.70. The van der Waals surface area contributed by atoms with Gasteiger partial charge in [-0.3, -0.25) is 4.79 Å². The molecule has 0 bridgehead atoms. The van der Waals surface area contributed by atoms with Crippen molar-refractivity contribution in [3.63, 3.8) is 0 Å². The first-order valence-electron chi connectivity index (χ1n) is 8.24. The molecule has 2 aromatic rings. The molecule has 0 aliphatic carbocycles. The van der Waals surface area contributed by atoms with Crippen LogP contribution in [-0.4, -0.2) is 25.7 Å². The summed E-state index contributed by atoms with van der Waals surface area (Å²) in [6.07, 6.45) is 0.674. The number of amides is 1. The maximum absolute atomic E-state index is 12.8. The third-order valence-corrected chi connectivity index (χ3v) is 4.34. The Balaban J connectivity index is 1.91. The van der Waals surface area contributed by atoms with Crippen LogP contribution in [0.15, 0.2) is 42.5 Å². The Hall–Kier alpha value is -2.69. The van der Waals surface area contributed by atoms with E-state index in [-0.39, 0.29) is 11.9 Å². The van der Waals surface area contributed by atoms with E-state index in [0.717, 1.165) is 17.1 Å². The summed E-state index contributed by atoms with van der Waals surface area (Å²) < 4.78 is 16.6. The molecule has 1 N–H and O–H groups in total. The van der Waals surface area contributed by atoms with Crippen molar-refractivity contribution in [2.24, 2.45) is 0 Å². The Kier molecular flexibility index (Phi) is 4.57. The highest BCUT2D eigenvalue weighted by molar-refractivity contribution is 5.97. The highest BCUT2D eigenvalue weighted by atomic mass is 16.5. The summed E-state index contributed by atoms with van der Waals surface area (Å²) in [5, 5.41) is 3.12. The van der Waals surface area contributed by atoms with Gasteiger partial charge in [0.2, 0.25) is 0 Å². The van der Waals surface area contributed by atoms with Crippen molar-refractivity contribution >= 4 is 5.91 Å². The normalized spacial score (nSPS) is 17.8. The van der Waals surface area contributed by atoms with E-state index in [4.69, 9.17) is 14.2 Å². The van der Waals surface area contributed by atoms with Gasteiger partial charge < -0.3 is 19.5 Å². The first kappa shape index (κ1) is 17.1. The predicted octanol–water partition coefficient (Wildman–Crippen LogP) is 3.74. The number of hydrogen-bond donors (Lipinski definition) is 1. The highest BCUT2D eigenvalue weighted by Gasteiger charge is 2.35. The maximum atomic E-state index is 12.8. The topological polar surface area (TPSA) is 56.8 Å². The molecule has 0 saturated heterocycles. The number of methoxy groups -OCH3 is 2. The summed E-state index contributed by atoms with van der Waals surface area (Å²) in [6.45, 7) is 4.02. The summed E-state index contributed by atoms with van der Waals surface area (Å²) in [5.41, 5.74) is 1.07. The minimum absolute atomic E-state index is 0.151. The van der Waals surface area contributed by atoms with Gasteiger partial charge in [-0.2, -0.15) is 0 Å². The molecule has 0 aromatic heterocycles. The van der Waals surface area contributed by atoms with Crippen LogP contribution in [0.4, 0.5) is 0 Å². The van der Waals surface area contributed by atoms with E-state index in [2.05, 4.69) is 5.32 Å². The van der Waals surface area contributed by atoms with Crippen LogP contribution < -0.4 is 19.5 Å². The largest absolute Gasteiger partial charge is 0.497 e. The summed E-state index contributed by atoms with van der Waals surface area (Å²) in [7, 11) is 3.18. The molecule has 1 amide bonds. The average Bonchev–Trinajstić information content (AvgIpc) is 2.60. The summed E-state index contributed by atoms with van der Waals surface area (Å²) in [6, 6.07) is 12.7. The zero-order chi connectivity index (χ0) is 18.0. The van der Waals surface area contributed by atoms with Crippen molar-refractivity contribution in [1.29, 1.82) is 0 Å². The van der Waals surface area contributed by atoms with Crippen molar-refractivity contribution in [1.82, 2.24) is 5.32 Å². The van der Waals surface area contributed by atoms with Gasteiger partial charge in [-0.1, -0.05) is 12.1 Å². The number of ether oxygens (including phenoxy) is 3. The smallest absolute Gasteiger partial charge is 0.255 e. The van der Waals surface area contributed by atoms with Crippen LogP contribution in [0, 0.1) is 0 Å². The molecular weight excluding hydrogens is 318 g/mol. The number of nitrogens with one attached hydrogen (secondary N) is 1. The first-order chi connectivity index (χ1) is 11.9. The van der Waals surface area contributed by atoms with Crippen molar-refractivity contribution in [2.45, 2.75) is 31.9 Å². The maximum Gasteiger partial charge on any atom is 0.255 e. The average molecular weight is 341 g/mol. The molecule has 3 rings (SSSR count). The van der Waals surface area contributed by atoms with E-state index >= 15 is 0 Å². The fourth-order valence-electron chi connectivity index (χ4n) is 3.16. The minimum Gasteiger partial charge on any atom is -0.497 e. The van der Waals surface area contributed by atoms with Crippen LogP contribution in [0.3, 0.4) is 0 Å². The van der Waals surface area contributed by atoms with Gasteiger partial charge >= 0.3 is 0 Å². The third kappa shape index (κ3) is 3.55. The molecule has 1 atom stereocenters. The zero-order valence-electron chi connectivity index (χ0n) is 15.0. The number of carbonyl (C=O) groups is 1. The van der Waals surface area contributed by atoms with Crippen molar-refractivity contribution in [2.75, 3.05) is 14.2 Å². The molecule has 132 valence electrons. The number of rotatable bonds is 4. The lowest BCUT2D eigenvalue weighted by Crippen LogP contribution is -2.41. The van der Waals surface area contributed by atoms with E-state index in [0.29, 0.717) is 17.7 Å². The van der Waals surface area contributed by atoms with E-state index in [1.807, 2.05) is 44.2 Å². The number of para-hydroxylation sites is 1. The lowest BCUT2D eigenvalue weighted by Gasteiger charge is -2.38. The van der Waals surface area contributed by atoms with Crippen molar-refractivity contribution < 1.29 is 19.0 Å². The molecule has 1 aliphatic rings. The first-order valence-corrected chi connectivity index (χ1v) is 8.24. The standard InChI is InChI=1S/C20H23NO4/c1-20(2)12-16(14-10-9-13(23-3)11-18(14)25-20)21-19(22)15-7-5-6-8-17(15)24-4/h5-11,16H,12H2,1-4H3,(H,21,22). The molecule has 1 unspecified atom stereocenters. The van der Waals surface area contributed by atoms with E-state index < -0.39 is 5.60 Å². The number of carbonyl (C=O) groups excluding carboxylic acids is 1. The summed E-state index contributed by atoms with van der Waals surface area (Å²) in [4.78, 5) is 12.8. The van der Waals surface area contributed by atoms with Crippen molar-refractivity contribution in [3.8, 4) is 17.2 Å². The molecule has 5 heteroatoms. The second kappa shape index (κ2) is 6.67. The number of benzene rings is 2. The molecule has 5 nitrogen and oxygen atoms in total. The second-order valence-electron chi connectivity index (χ2n) is 6.70. The van der Waals surface area contributed by atoms with Crippen LogP contribution >= 0.6 is 0 Å². The Morgan fingerprint density at radius 3 is 2.64 bits per heavy atom. The molecule has 0 spiro atoms. The third-order valence-electron chi connectivity index (χ3n) is 4.34. The van der Waals surface area contributed by atoms with E-state index in [9.17, 15) is 4.79 Å². The van der Waals surface area contributed by atoms with Crippen LogP contribution in [0.25, 0.3) is 0 Å². The highest BCUT2D eigenvalue weighted by Crippen LogP contribution is 2.41. The van der Waals surface area contributed by atoms with Gasteiger partial charge in [-0.25, -0.2) is 0 Å². The molecular formula is C20H23NO4. The van der Waals surface area contributed by atoms with Crippen LogP contribution in [-0.2, 0) is 0 Å². The molecule has 1 aliphatic heterocycles. The van der Waals surface area contributed by atoms with Crippen LogP contribution in [0.2, 0.25) is 0 Å². The lowest BCUT2D eigenvalue weighted by molar-refractivity contribution is 0.0616. The van der Waals surface area contributed by atoms with Crippen LogP contribution in [0.1, 0.15) is 42.2 Å². The fraction of sp³-hybridized carbons (Fsp3) is 0.350. The Morgan fingerprint density at radius 1 is 1.16 bits per heavy atom.